The molecule has 6 heteroatoms. The highest BCUT2D eigenvalue weighted by Crippen LogP contribution is 2.44. The molecule has 3 aromatic carbocycles. The van der Waals surface area contributed by atoms with Crippen LogP contribution in [-0.2, 0) is 23.5 Å². The van der Waals surface area contributed by atoms with Gasteiger partial charge in [0.05, 0.1) is 25.0 Å². The van der Waals surface area contributed by atoms with Crippen LogP contribution in [0.4, 0.5) is 5.69 Å². The molecule has 0 spiro atoms. The quantitative estimate of drug-likeness (QED) is 0.563. The van der Waals surface area contributed by atoms with Crippen LogP contribution in [0, 0.1) is 0 Å². The van der Waals surface area contributed by atoms with Crippen LogP contribution in [0.15, 0.2) is 91.1 Å². The van der Waals surface area contributed by atoms with Crippen LogP contribution in [0.5, 0.6) is 0 Å². The smallest absolute Gasteiger partial charge is 0.268 e. The lowest BCUT2D eigenvalue weighted by Crippen LogP contribution is -2.40. The first kappa shape index (κ1) is 18.3. The third kappa shape index (κ3) is 2.98. The number of aliphatic hydroxyl groups is 1. The first-order valence-corrected chi connectivity index (χ1v) is 9.78. The molecule has 148 valence electrons. The molecule has 5 rings (SSSR count). The highest BCUT2D eigenvalue weighted by atomic mass is 16.3. The Morgan fingerprint density at radius 3 is 2.27 bits per heavy atom. The Labute approximate surface area is 174 Å². The highest BCUT2D eigenvalue weighted by Gasteiger charge is 2.50. The fourth-order valence-electron chi connectivity index (χ4n) is 3.97. The molecule has 0 aliphatic carbocycles. The number of carbonyl (C=O) groups excluding carboxylic acids is 1. The van der Waals surface area contributed by atoms with E-state index < -0.39 is 5.60 Å². The van der Waals surface area contributed by atoms with Crippen molar-refractivity contribution in [2.24, 2.45) is 0 Å². The van der Waals surface area contributed by atoms with Crippen molar-refractivity contribution in [2.45, 2.75) is 18.7 Å². The Bertz CT molecular complexity index is 1190. The number of nitrogens with zero attached hydrogens (tertiary/aromatic N) is 4. The van der Waals surface area contributed by atoms with Crippen molar-refractivity contribution in [3.05, 3.63) is 114 Å². The standard InChI is InChI=1S/C24H20N4O2/c29-23-24(30,19-11-5-2-6-12-19)21-13-7-8-14-22(21)28(23)17-20-16-27(26-25-20)15-18-9-3-1-4-10-18/h1-14,16,30H,15,17H2/t24-/m0/s1. The second kappa shape index (κ2) is 7.24. The van der Waals surface area contributed by atoms with Gasteiger partial charge in [-0.1, -0.05) is 84.1 Å². The maximum Gasteiger partial charge on any atom is 0.268 e. The molecule has 1 amide bonds. The van der Waals surface area contributed by atoms with Gasteiger partial charge in [0.2, 0.25) is 0 Å². The Kier molecular flexibility index (Phi) is 4.41. The van der Waals surface area contributed by atoms with E-state index in [1.165, 1.54) is 0 Å². The minimum atomic E-state index is -1.71. The Morgan fingerprint density at radius 1 is 0.833 bits per heavy atom. The summed E-state index contributed by atoms with van der Waals surface area (Å²) in [5.41, 5.74) is 1.89. The second-order valence-electron chi connectivity index (χ2n) is 7.38. The Balaban J connectivity index is 1.45. The summed E-state index contributed by atoms with van der Waals surface area (Å²) in [6, 6.07) is 26.4. The minimum Gasteiger partial charge on any atom is -0.372 e. The molecule has 1 aliphatic rings. The molecule has 0 radical (unpaired) electrons. The normalized spacial score (nSPS) is 17.9. The van der Waals surface area contributed by atoms with E-state index in [0.29, 0.717) is 29.1 Å². The van der Waals surface area contributed by atoms with Gasteiger partial charge in [-0.05, 0) is 17.2 Å². The van der Waals surface area contributed by atoms with Crippen LogP contribution in [-0.4, -0.2) is 26.0 Å². The van der Waals surface area contributed by atoms with Gasteiger partial charge < -0.3 is 10.0 Å². The summed E-state index contributed by atoms with van der Waals surface area (Å²) in [5.74, 6) is -0.382. The van der Waals surface area contributed by atoms with Crippen molar-refractivity contribution in [2.75, 3.05) is 4.90 Å². The number of benzene rings is 3. The monoisotopic (exact) mass is 396 g/mol. The Hall–Kier alpha value is -3.77. The summed E-state index contributed by atoms with van der Waals surface area (Å²) < 4.78 is 1.75. The number of fused-ring (bicyclic) bond motifs is 1. The number of amides is 1. The van der Waals surface area contributed by atoms with E-state index >= 15 is 0 Å². The van der Waals surface area contributed by atoms with Crippen molar-refractivity contribution < 1.29 is 9.90 Å². The van der Waals surface area contributed by atoms with Crippen molar-refractivity contribution >= 4 is 11.6 Å². The lowest BCUT2D eigenvalue weighted by Gasteiger charge is -2.23. The molecule has 0 unspecified atom stereocenters. The maximum absolute atomic E-state index is 13.4. The van der Waals surface area contributed by atoms with E-state index in [9.17, 15) is 9.90 Å². The van der Waals surface area contributed by atoms with Crippen LogP contribution >= 0.6 is 0 Å². The Morgan fingerprint density at radius 2 is 1.50 bits per heavy atom. The summed E-state index contributed by atoms with van der Waals surface area (Å²) in [7, 11) is 0. The van der Waals surface area contributed by atoms with Crippen molar-refractivity contribution in [1.29, 1.82) is 0 Å². The van der Waals surface area contributed by atoms with Gasteiger partial charge in [0.25, 0.3) is 5.91 Å². The van der Waals surface area contributed by atoms with Crippen LogP contribution in [0.2, 0.25) is 0 Å². The number of para-hydroxylation sites is 1. The number of aromatic nitrogens is 3. The number of rotatable bonds is 5. The molecule has 4 aromatic rings. The minimum absolute atomic E-state index is 0.236. The fourth-order valence-corrected chi connectivity index (χ4v) is 3.97. The topological polar surface area (TPSA) is 71.2 Å². The average Bonchev–Trinajstić information content (AvgIpc) is 3.32. The molecule has 0 bridgehead atoms. The van der Waals surface area contributed by atoms with Gasteiger partial charge in [0, 0.05) is 5.56 Å². The van der Waals surface area contributed by atoms with E-state index in [2.05, 4.69) is 10.3 Å². The SMILES string of the molecule is O=C1N(Cc2cn(Cc3ccccc3)nn2)c2ccccc2[C@@]1(O)c1ccccc1. The zero-order valence-electron chi connectivity index (χ0n) is 16.2. The summed E-state index contributed by atoms with van der Waals surface area (Å²) >= 11 is 0. The van der Waals surface area contributed by atoms with Gasteiger partial charge in [-0.2, -0.15) is 0 Å². The van der Waals surface area contributed by atoms with E-state index in [4.69, 9.17) is 0 Å². The molecule has 0 fully saturated rings. The molecule has 0 saturated carbocycles. The van der Waals surface area contributed by atoms with Crippen LogP contribution in [0.1, 0.15) is 22.4 Å². The van der Waals surface area contributed by atoms with Crippen molar-refractivity contribution in [3.8, 4) is 0 Å². The lowest BCUT2D eigenvalue weighted by molar-refractivity contribution is -0.132. The molecule has 1 N–H and O–H groups in total. The molecule has 30 heavy (non-hydrogen) atoms. The summed E-state index contributed by atoms with van der Waals surface area (Å²) in [5, 5.41) is 19.9. The molecular formula is C24H20N4O2. The average molecular weight is 396 g/mol. The van der Waals surface area contributed by atoms with Crippen molar-refractivity contribution in [1.82, 2.24) is 15.0 Å². The van der Waals surface area contributed by atoms with E-state index in [-0.39, 0.29) is 12.5 Å². The number of anilines is 1. The van der Waals surface area contributed by atoms with Crippen LogP contribution < -0.4 is 4.90 Å². The van der Waals surface area contributed by atoms with Gasteiger partial charge in [0.1, 0.15) is 5.69 Å². The summed E-state index contributed by atoms with van der Waals surface area (Å²) in [6.07, 6.45) is 1.84. The highest BCUT2D eigenvalue weighted by molar-refractivity contribution is 6.08. The van der Waals surface area contributed by atoms with E-state index in [0.717, 1.165) is 5.56 Å². The van der Waals surface area contributed by atoms with E-state index in [1.807, 2.05) is 72.9 Å². The third-order valence-corrected chi connectivity index (χ3v) is 5.42. The molecule has 6 nitrogen and oxygen atoms in total. The summed E-state index contributed by atoms with van der Waals surface area (Å²) in [4.78, 5) is 15.0. The molecular weight excluding hydrogens is 376 g/mol. The zero-order chi connectivity index (χ0) is 20.6. The predicted octanol–water partition coefficient (Wildman–Crippen LogP) is 3.11. The second-order valence-corrected chi connectivity index (χ2v) is 7.38. The van der Waals surface area contributed by atoms with E-state index in [1.54, 1.807) is 27.8 Å². The van der Waals surface area contributed by atoms with Crippen LogP contribution in [0.25, 0.3) is 0 Å². The number of carbonyl (C=O) groups is 1. The first-order chi connectivity index (χ1) is 14.7. The zero-order valence-corrected chi connectivity index (χ0v) is 16.2. The maximum atomic E-state index is 13.4. The predicted molar refractivity (Wildman–Crippen MR) is 113 cm³/mol. The lowest BCUT2D eigenvalue weighted by atomic mass is 9.88. The van der Waals surface area contributed by atoms with Gasteiger partial charge in [-0.3, -0.25) is 4.79 Å². The third-order valence-electron chi connectivity index (χ3n) is 5.42. The molecule has 2 heterocycles. The molecule has 1 aliphatic heterocycles. The number of hydrogen-bond acceptors (Lipinski definition) is 4. The van der Waals surface area contributed by atoms with Crippen molar-refractivity contribution in [3.63, 3.8) is 0 Å². The number of hydrogen-bond donors (Lipinski definition) is 1. The largest absolute Gasteiger partial charge is 0.372 e. The van der Waals surface area contributed by atoms with Gasteiger partial charge in [0.15, 0.2) is 5.60 Å². The van der Waals surface area contributed by atoms with Gasteiger partial charge in [-0.15, -0.1) is 5.10 Å². The molecule has 1 aromatic heterocycles. The first-order valence-electron chi connectivity index (χ1n) is 9.78. The summed E-state index contributed by atoms with van der Waals surface area (Å²) in [6.45, 7) is 0.839. The molecule has 0 saturated heterocycles. The molecule has 1 atom stereocenters. The van der Waals surface area contributed by atoms with Gasteiger partial charge >= 0.3 is 0 Å². The van der Waals surface area contributed by atoms with Crippen LogP contribution in [0.3, 0.4) is 0 Å². The fraction of sp³-hybridized carbons (Fsp3) is 0.125. The van der Waals surface area contributed by atoms with Gasteiger partial charge in [-0.25, -0.2) is 4.68 Å².